The molecule has 0 saturated carbocycles. The summed E-state index contributed by atoms with van der Waals surface area (Å²) in [5.41, 5.74) is 1.98. The maximum Gasteiger partial charge on any atom is 0.322 e. The summed E-state index contributed by atoms with van der Waals surface area (Å²) in [6.45, 7) is 6.45. The van der Waals surface area contributed by atoms with Crippen molar-refractivity contribution < 1.29 is 28.3 Å². The van der Waals surface area contributed by atoms with E-state index in [1.165, 1.54) is 7.11 Å². The molecule has 0 bridgehead atoms. The van der Waals surface area contributed by atoms with Gasteiger partial charge < -0.3 is 30.0 Å². The van der Waals surface area contributed by atoms with Gasteiger partial charge in [0.05, 0.1) is 19.2 Å². The first-order valence-corrected chi connectivity index (χ1v) is 12.1. The molecule has 1 fully saturated rings. The van der Waals surface area contributed by atoms with Crippen LogP contribution in [0.5, 0.6) is 5.75 Å². The topological polar surface area (TPSA) is 142 Å². The van der Waals surface area contributed by atoms with Crippen LogP contribution in [0.1, 0.15) is 46.7 Å². The molecular weight excluding hydrogens is 490 g/mol. The second-order valence-electron chi connectivity index (χ2n) is 10.2. The number of imide groups is 1. The van der Waals surface area contributed by atoms with Crippen molar-refractivity contribution in [2.75, 3.05) is 20.2 Å². The van der Waals surface area contributed by atoms with Crippen LogP contribution in [0.25, 0.3) is 11.0 Å². The van der Waals surface area contributed by atoms with Crippen molar-refractivity contribution in [3.63, 3.8) is 0 Å². The number of ether oxygens (including phenoxy) is 1. The number of nitrogens with zero attached hydrogens (tertiary/aromatic N) is 1. The lowest BCUT2D eigenvalue weighted by Gasteiger charge is -2.32. The predicted octanol–water partition coefficient (Wildman–Crippen LogP) is 2.60. The zero-order valence-electron chi connectivity index (χ0n) is 21.6. The molecule has 2 aromatic carbocycles. The van der Waals surface area contributed by atoms with Gasteiger partial charge in [0.1, 0.15) is 22.6 Å². The summed E-state index contributed by atoms with van der Waals surface area (Å²) in [7, 11) is 1.54. The highest BCUT2D eigenvalue weighted by Gasteiger charge is 2.40. The predicted molar refractivity (Wildman–Crippen MR) is 138 cm³/mol. The Morgan fingerprint density at radius 1 is 1.26 bits per heavy atom. The van der Waals surface area contributed by atoms with Crippen LogP contribution in [0.15, 0.2) is 40.8 Å². The van der Waals surface area contributed by atoms with Gasteiger partial charge in [-0.1, -0.05) is 6.07 Å². The van der Waals surface area contributed by atoms with E-state index < -0.39 is 17.1 Å². The van der Waals surface area contributed by atoms with E-state index in [-0.39, 0.29) is 18.5 Å². The van der Waals surface area contributed by atoms with Gasteiger partial charge in [-0.2, -0.15) is 0 Å². The van der Waals surface area contributed by atoms with Crippen LogP contribution in [0.2, 0.25) is 0 Å². The van der Waals surface area contributed by atoms with Crippen molar-refractivity contribution >= 4 is 35.3 Å². The van der Waals surface area contributed by atoms with Crippen LogP contribution >= 0.6 is 0 Å². The first kappa shape index (κ1) is 25.1. The summed E-state index contributed by atoms with van der Waals surface area (Å²) in [5.74, 6) is 0.791. The number of hydrogen-bond donors (Lipinski definition) is 4. The maximum atomic E-state index is 13.3. The third-order valence-corrected chi connectivity index (χ3v) is 7.26. The van der Waals surface area contributed by atoms with E-state index in [9.17, 15) is 19.2 Å². The molecule has 1 unspecified atom stereocenters. The summed E-state index contributed by atoms with van der Waals surface area (Å²) < 4.78 is 11.5. The minimum Gasteiger partial charge on any atom is -0.497 e. The molecule has 38 heavy (non-hydrogen) atoms. The Morgan fingerprint density at radius 2 is 2.05 bits per heavy atom. The number of nitrogens with one attached hydrogen (secondary N) is 4. The monoisotopic (exact) mass is 519 g/mol. The minimum atomic E-state index is -1.19. The summed E-state index contributed by atoms with van der Waals surface area (Å²) >= 11 is 0. The summed E-state index contributed by atoms with van der Waals surface area (Å²) in [4.78, 5) is 50.2. The highest BCUT2D eigenvalue weighted by Crippen LogP contribution is 2.36. The summed E-state index contributed by atoms with van der Waals surface area (Å²) in [6.07, 6.45) is 0.290. The van der Waals surface area contributed by atoms with Crippen molar-refractivity contribution in [1.29, 1.82) is 0 Å². The molecule has 6 amide bonds. The summed E-state index contributed by atoms with van der Waals surface area (Å²) in [5, 5.41) is 11.4. The molecule has 11 heteroatoms. The number of carbonyl (C=O) groups excluding carboxylic acids is 4. The second-order valence-corrected chi connectivity index (χ2v) is 10.2. The number of amides is 6. The first-order valence-electron chi connectivity index (χ1n) is 12.1. The molecule has 198 valence electrons. The number of urea groups is 2. The fraction of sp³-hybridized carbons (Fsp3) is 0.333. The van der Waals surface area contributed by atoms with Gasteiger partial charge in [0.25, 0.3) is 5.91 Å². The Hall–Kier alpha value is -4.54. The summed E-state index contributed by atoms with van der Waals surface area (Å²) in [6, 6.07) is 10.1. The highest BCUT2D eigenvalue weighted by atomic mass is 16.5. The third-order valence-electron chi connectivity index (χ3n) is 7.26. The van der Waals surface area contributed by atoms with Crippen LogP contribution in [-0.2, 0) is 22.4 Å². The number of fused-ring (bicyclic) bond motifs is 2. The molecule has 0 spiro atoms. The lowest BCUT2D eigenvalue weighted by molar-refractivity contribution is -0.108. The van der Waals surface area contributed by atoms with Gasteiger partial charge in [-0.05, 0) is 67.8 Å². The first-order chi connectivity index (χ1) is 18.0. The molecular formula is C27H29N5O6. The van der Waals surface area contributed by atoms with E-state index in [0.29, 0.717) is 42.2 Å². The van der Waals surface area contributed by atoms with Gasteiger partial charge in [0.2, 0.25) is 6.41 Å². The Labute approximate surface area is 218 Å². The highest BCUT2D eigenvalue weighted by molar-refractivity contribution is 5.99. The molecule has 0 radical (unpaired) electrons. The fourth-order valence-electron chi connectivity index (χ4n) is 5.19. The molecule has 2 aliphatic heterocycles. The molecule has 0 aliphatic carbocycles. The molecule has 4 N–H and O–H groups in total. The van der Waals surface area contributed by atoms with Crippen molar-refractivity contribution in [3.05, 3.63) is 64.4 Å². The van der Waals surface area contributed by atoms with Gasteiger partial charge in [0, 0.05) is 24.0 Å². The molecule has 11 nitrogen and oxygen atoms in total. The van der Waals surface area contributed by atoms with E-state index in [1.54, 1.807) is 24.0 Å². The zero-order valence-corrected chi connectivity index (χ0v) is 21.6. The number of carbonyl (C=O) groups is 4. The number of hydrogen-bond acceptors (Lipinski definition) is 6. The van der Waals surface area contributed by atoms with Crippen molar-refractivity contribution in [2.45, 2.75) is 38.4 Å². The molecule has 5 rings (SSSR count). The molecule has 3 aromatic rings. The molecule has 3 heterocycles. The van der Waals surface area contributed by atoms with Gasteiger partial charge in [-0.3, -0.25) is 14.9 Å². The van der Waals surface area contributed by atoms with E-state index >= 15 is 0 Å². The van der Waals surface area contributed by atoms with E-state index in [0.717, 1.165) is 22.1 Å². The van der Waals surface area contributed by atoms with Crippen LogP contribution in [0.4, 0.5) is 9.59 Å². The van der Waals surface area contributed by atoms with Crippen molar-refractivity contribution in [1.82, 2.24) is 26.2 Å². The van der Waals surface area contributed by atoms with Crippen molar-refractivity contribution in [3.8, 4) is 5.75 Å². The number of methoxy groups -OCH3 is 1. The Kier molecular flexibility index (Phi) is 6.01. The maximum absolute atomic E-state index is 13.3. The van der Waals surface area contributed by atoms with Gasteiger partial charge in [-0.15, -0.1) is 0 Å². The number of rotatable bonds is 7. The average Bonchev–Trinajstić information content (AvgIpc) is 3.55. The molecule has 2 atom stereocenters. The Bertz CT molecular complexity index is 1480. The second kappa shape index (κ2) is 9.09. The smallest absolute Gasteiger partial charge is 0.322 e. The quantitative estimate of drug-likeness (QED) is 0.354. The lowest BCUT2D eigenvalue weighted by Crippen LogP contribution is -2.53. The van der Waals surface area contributed by atoms with Crippen LogP contribution in [-0.4, -0.2) is 49.5 Å². The largest absolute Gasteiger partial charge is 0.497 e. The number of aryl methyl sites for hydroxylation is 1. The van der Waals surface area contributed by atoms with Crippen molar-refractivity contribution in [2.24, 2.45) is 0 Å². The number of benzene rings is 2. The lowest BCUT2D eigenvalue weighted by atomic mass is 9.90. The van der Waals surface area contributed by atoms with Gasteiger partial charge in [0.15, 0.2) is 0 Å². The van der Waals surface area contributed by atoms with E-state index in [1.807, 2.05) is 38.1 Å². The Balaban J connectivity index is 1.52. The molecule has 2 aliphatic rings. The van der Waals surface area contributed by atoms with E-state index in [2.05, 4.69) is 21.3 Å². The molecule has 1 saturated heterocycles. The van der Waals surface area contributed by atoms with Gasteiger partial charge >= 0.3 is 12.1 Å². The normalized spacial score (nSPS) is 19.9. The SMILES string of the molecule is COc1ccc2c(c1)C(=O)N(C[C@](C)(NC(=O)NC=O)c1cc3cc(C4(C)CNC(=O)N4)cc(C)c3o1)C2. The zero-order chi connectivity index (χ0) is 27.2. The van der Waals surface area contributed by atoms with E-state index in [4.69, 9.17) is 9.15 Å². The third kappa shape index (κ3) is 4.29. The molecule has 1 aromatic heterocycles. The standard InChI is InChI=1S/C27H29N5O6/c1-15-7-18(26(2)12-28-24(35)30-26)8-17-9-21(38-22(15)17)27(3,31-25(36)29-14-33)13-32-11-16-5-6-19(37-4)10-20(16)23(32)34/h5-10,14H,11-13H2,1-4H3,(H2,28,30,35)(H2,29,31,33,36)/t26?,27-/m0/s1. The average molecular weight is 520 g/mol. The minimum absolute atomic E-state index is 0.0819. The van der Waals surface area contributed by atoms with Crippen LogP contribution < -0.4 is 26.0 Å². The Morgan fingerprint density at radius 3 is 2.74 bits per heavy atom. The van der Waals surface area contributed by atoms with Crippen LogP contribution in [0, 0.1) is 6.92 Å². The number of furan rings is 1. The van der Waals surface area contributed by atoms with Crippen LogP contribution in [0.3, 0.4) is 0 Å². The fourth-order valence-corrected chi connectivity index (χ4v) is 5.19. The van der Waals surface area contributed by atoms with Gasteiger partial charge in [-0.25, -0.2) is 9.59 Å².